The van der Waals surface area contributed by atoms with Gasteiger partial charge in [-0.2, -0.15) is 15.0 Å². The van der Waals surface area contributed by atoms with Crippen LogP contribution in [0.3, 0.4) is 0 Å². The van der Waals surface area contributed by atoms with E-state index in [-0.39, 0.29) is 39.7 Å². The molecular weight excluding hydrogens is 711 g/mol. The SMILES string of the molecule is [2H]c1c([2H])c([2H])c([Si](c2ccccc2)(c2ccccc2)c2c([2H])c([2H])c([2H])c(-c3nc(-n4c5ccccc5c5ccccc54)nc(-n4c5ccccc5c5ccccc54)n3)c2[2H])c([2H])c1[2H]. The highest BCUT2D eigenvalue weighted by Crippen LogP contribution is 2.34. The van der Waals surface area contributed by atoms with Crippen LogP contribution in [0.4, 0.5) is 0 Å². The van der Waals surface area contributed by atoms with Gasteiger partial charge in [-0.05, 0) is 45.0 Å². The molecule has 5 nitrogen and oxygen atoms in total. The summed E-state index contributed by atoms with van der Waals surface area (Å²) >= 11 is 0. The van der Waals surface area contributed by atoms with Crippen molar-refractivity contribution in [2.45, 2.75) is 0 Å². The van der Waals surface area contributed by atoms with Crippen molar-refractivity contribution in [1.82, 2.24) is 24.1 Å². The second kappa shape index (κ2) is 13.4. The van der Waals surface area contributed by atoms with Gasteiger partial charge in [-0.3, -0.25) is 9.13 Å². The molecule has 0 saturated carbocycles. The molecule has 11 rings (SSSR count). The Kier molecular flexibility index (Phi) is 5.85. The van der Waals surface area contributed by atoms with Gasteiger partial charge in [0.05, 0.1) is 34.4 Å². The Morgan fingerprint density at radius 1 is 0.368 bits per heavy atom. The van der Waals surface area contributed by atoms with Crippen molar-refractivity contribution in [3.63, 3.8) is 0 Å². The quantitative estimate of drug-likeness (QED) is 0.121. The minimum absolute atomic E-state index is 0.0494. The third-order valence-corrected chi connectivity index (χ3v) is 15.1. The zero-order chi connectivity index (χ0) is 45.6. The Labute approximate surface area is 343 Å². The standard InChI is InChI=1S/C51H35N5Si/c1-4-20-37(21-5-1)57(38-22-6-2-7-23-38,39-24-8-3-9-25-39)40-26-18-19-36(35-40)49-52-50(55-45-31-14-10-27-41(45)42-28-11-15-32-46(42)55)54-51(53-49)56-47-33-16-12-29-43(47)44-30-13-17-34-48(44)56/h1-35H/i1D,4D,5D,18D,19D,20D,21D,26D,35D. The lowest BCUT2D eigenvalue weighted by atomic mass is 10.2. The van der Waals surface area contributed by atoms with Crippen LogP contribution < -0.4 is 20.7 Å². The summed E-state index contributed by atoms with van der Waals surface area (Å²) in [4.78, 5) is 15.5. The molecule has 8 aromatic carbocycles. The Balaban J connectivity index is 1.32. The van der Waals surface area contributed by atoms with Crippen LogP contribution >= 0.6 is 0 Å². The van der Waals surface area contributed by atoms with Crippen molar-refractivity contribution in [3.8, 4) is 23.3 Å². The average Bonchev–Trinajstić information content (AvgIpc) is 3.88. The van der Waals surface area contributed by atoms with E-state index >= 15 is 0 Å². The fraction of sp³-hybridized carbons (Fsp3) is 0. The highest BCUT2D eigenvalue weighted by atomic mass is 28.3. The predicted molar refractivity (Wildman–Crippen MR) is 238 cm³/mol. The van der Waals surface area contributed by atoms with Crippen LogP contribution in [0.15, 0.2) is 212 Å². The summed E-state index contributed by atoms with van der Waals surface area (Å²) < 4.78 is 88.6. The first-order valence-electron chi connectivity index (χ1n) is 23.1. The summed E-state index contributed by atoms with van der Waals surface area (Å²) in [6, 6.07) is 44.8. The monoisotopic (exact) mass is 754 g/mol. The summed E-state index contributed by atoms with van der Waals surface area (Å²) in [5.41, 5.74) is 3.01. The minimum Gasteiger partial charge on any atom is -0.278 e. The Bertz CT molecular complexity index is 3480. The smallest absolute Gasteiger partial charge is 0.240 e. The molecule has 3 aromatic heterocycles. The second-order valence-electron chi connectivity index (χ2n) is 13.7. The molecule has 0 aliphatic carbocycles. The summed E-state index contributed by atoms with van der Waals surface area (Å²) in [6.07, 6.45) is 0. The van der Waals surface area contributed by atoms with Crippen LogP contribution in [0, 0.1) is 0 Å². The van der Waals surface area contributed by atoms with Crippen LogP contribution in [0.5, 0.6) is 0 Å². The molecule has 6 heteroatoms. The number of para-hydroxylation sites is 4. The van der Waals surface area contributed by atoms with Crippen LogP contribution in [-0.2, 0) is 0 Å². The van der Waals surface area contributed by atoms with Crippen LogP contribution in [-0.4, -0.2) is 32.2 Å². The molecular formula is C51H35N5Si. The highest BCUT2D eigenvalue weighted by Gasteiger charge is 2.41. The molecule has 0 fully saturated rings. The van der Waals surface area contributed by atoms with E-state index in [0.29, 0.717) is 10.4 Å². The maximum Gasteiger partial charge on any atom is 0.240 e. The van der Waals surface area contributed by atoms with E-state index in [1.54, 1.807) is 60.7 Å². The van der Waals surface area contributed by atoms with Crippen molar-refractivity contribution in [1.29, 1.82) is 0 Å². The summed E-state index contributed by atoms with van der Waals surface area (Å²) in [7, 11) is -4.42. The lowest BCUT2D eigenvalue weighted by Gasteiger charge is -2.34. The van der Waals surface area contributed by atoms with Crippen molar-refractivity contribution in [2.75, 3.05) is 0 Å². The van der Waals surface area contributed by atoms with Crippen molar-refractivity contribution in [2.24, 2.45) is 0 Å². The maximum absolute atomic E-state index is 10.4. The molecule has 0 N–H and O–H groups in total. The Morgan fingerprint density at radius 3 is 1.23 bits per heavy atom. The van der Waals surface area contributed by atoms with Gasteiger partial charge in [0.2, 0.25) is 11.9 Å². The number of hydrogen-bond acceptors (Lipinski definition) is 3. The van der Waals surface area contributed by atoms with E-state index in [1.165, 1.54) is 0 Å². The number of benzene rings is 8. The first-order valence-corrected chi connectivity index (χ1v) is 20.6. The van der Waals surface area contributed by atoms with Crippen molar-refractivity contribution >= 4 is 72.4 Å². The zero-order valence-corrected chi connectivity index (χ0v) is 31.2. The maximum atomic E-state index is 10.4. The van der Waals surface area contributed by atoms with E-state index < -0.39 is 56.4 Å². The molecule has 0 amide bonds. The molecule has 0 unspecified atom stereocenters. The van der Waals surface area contributed by atoms with Gasteiger partial charge < -0.3 is 0 Å². The number of hydrogen-bond donors (Lipinski definition) is 0. The molecule has 0 radical (unpaired) electrons. The third-order valence-electron chi connectivity index (χ3n) is 10.7. The van der Waals surface area contributed by atoms with E-state index in [0.717, 1.165) is 43.6 Å². The first kappa shape index (κ1) is 24.9. The number of nitrogens with zero attached hydrogens (tertiary/aromatic N) is 5. The third kappa shape index (κ3) is 5.19. The molecule has 0 spiro atoms. The topological polar surface area (TPSA) is 48.5 Å². The van der Waals surface area contributed by atoms with Crippen LogP contribution in [0.25, 0.3) is 66.9 Å². The summed E-state index contributed by atoms with van der Waals surface area (Å²) in [6.45, 7) is 0. The van der Waals surface area contributed by atoms with Gasteiger partial charge in [-0.15, -0.1) is 0 Å². The van der Waals surface area contributed by atoms with Gasteiger partial charge in [-0.1, -0.05) is 188 Å². The summed E-state index contributed by atoms with van der Waals surface area (Å²) in [5.74, 6) is 0.237. The number of fused-ring (bicyclic) bond motifs is 6. The van der Waals surface area contributed by atoms with E-state index in [1.807, 2.05) is 106 Å². The Hall–Kier alpha value is -7.41. The molecule has 57 heavy (non-hydrogen) atoms. The van der Waals surface area contributed by atoms with Gasteiger partial charge >= 0.3 is 0 Å². The fourth-order valence-electron chi connectivity index (χ4n) is 8.27. The fourth-order valence-corrected chi connectivity index (χ4v) is 12.5. The largest absolute Gasteiger partial charge is 0.278 e. The number of aromatic nitrogens is 5. The van der Waals surface area contributed by atoms with Crippen LogP contribution in [0.2, 0.25) is 0 Å². The molecule has 0 aliphatic heterocycles. The van der Waals surface area contributed by atoms with Crippen molar-refractivity contribution < 1.29 is 12.3 Å². The first-order chi connectivity index (χ1) is 32.0. The molecule has 0 bridgehead atoms. The van der Waals surface area contributed by atoms with E-state index in [9.17, 15) is 8.22 Å². The van der Waals surface area contributed by atoms with Gasteiger partial charge in [-0.25, -0.2) is 0 Å². The number of rotatable bonds is 7. The van der Waals surface area contributed by atoms with Gasteiger partial charge in [0.15, 0.2) is 13.9 Å². The normalized spacial score (nSPS) is 14.1. The molecule has 0 atom stereocenters. The van der Waals surface area contributed by atoms with Gasteiger partial charge in [0.1, 0.15) is 0 Å². The van der Waals surface area contributed by atoms with Crippen LogP contribution in [0.1, 0.15) is 12.3 Å². The predicted octanol–water partition coefficient (Wildman–Crippen LogP) is 9.11. The molecule has 11 aromatic rings. The zero-order valence-electron chi connectivity index (χ0n) is 39.2. The lowest BCUT2D eigenvalue weighted by molar-refractivity contribution is 0.893. The van der Waals surface area contributed by atoms with E-state index in [4.69, 9.17) is 19.1 Å². The van der Waals surface area contributed by atoms with Gasteiger partial charge in [0, 0.05) is 27.1 Å². The summed E-state index contributed by atoms with van der Waals surface area (Å²) in [5, 5.41) is 4.68. The minimum atomic E-state index is -4.42. The molecule has 0 saturated heterocycles. The van der Waals surface area contributed by atoms with Crippen molar-refractivity contribution in [3.05, 3.63) is 212 Å². The average molecular weight is 755 g/mol. The van der Waals surface area contributed by atoms with E-state index in [2.05, 4.69) is 0 Å². The lowest BCUT2D eigenvalue weighted by Crippen LogP contribution is -2.74. The Morgan fingerprint density at radius 2 is 0.772 bits per heavy atom. The van der Waals surface area contributed by atoms with Gasteiger partial charge in [0.25, 0.3) is 0 Å². The molecule has 3 heterocycles. The molecule has 0 aliphatic rings. The molecule has 268 valence electrons. The second-order valence-corrected chi connectivity index (χ2v) is 17.4. The highest BCUT2D eigenvalue weighted by molar-refractivity contribution is 7.19.